The van der Waals surface area contributed by atoms with Crippen LogP contribution in [0.3, 0.4) is 0 Å². The summed E-state index contributed by atoms with van der Waals surface area (Å²) in [7, 11) is 3.50. The number of hydrazine groups is 1. The van der Waals surface area contributed by atoms with Crippen molar-refractivity contribution in [3.05, 3.63) is 89.9 Å². The molecule has 1 aromatic heterocycles. The molecule has 0 spiro atoms. The van der Waals surface area contributed by atoms with Crippen molar-refractivity contribution in [2.24, 2.45) is 0 Å². The molecule has 3 aromatic rings. The molecule has 174 valence electrons. The Hall–Kier alpha value is -3.84. The molecule has 1 aliphatic heterocycles. The maximum atomic E-state index is 12.2. The van der Waals surface area contributed by atoms with E-state index >= 15 is 0 Å². The number of nitrogens with one attached hydrogen (secondary N) is 2. The fraction of sp³-hybridized carbons (Fsp3) is 0.259. The lowest BCUT2D eigenvalue weighted by atomic mass is 9.87. The smallest absolute Gasteiger partial charge is 0.340 e. The molecule has 0 saturated carbocycles. The molecule has 34 heavy (non-hydrogen) atoms. The van der Waals surface area contributed by atoms with Crippen molar-refractivity contribution in [1.82, 2.24) is 10.4 Å². The zero-order valence-corrected chi connectivity index (χ0v) is 19.5. The Morgan fingerprint density at radius 3 is 2.76 bits per heavy atom. The molecule has 2 aromatic carbocycles. The van der Waals surface area contributed by atoms with Crippen molar-refractivity contribution >= 4 is 28.7 Å². The number of aromatic nitrogens is 1. The number of aryl methyl sites for hydroxylation is 1. The molecule has 1 atom stereocenters. The third-order valence-electron chi connectivity index (χ3n) is 6.53. The van der Waals surface area contributed by atoms with E-state index in [1.807, 2.05) is 11.2 Å². The summed E-state index contributed by atoms with van der Waals surface area (Å²) in [5.41, 5.74) is 10.5. The number of hydrogen-bond acceptors (Lipinski definition) is 7. The summed E-state index contributed by atoms with van der Waals surface area (Å²) in [6.07, 6.45) is 10.6. The van der Waals surface area contributed by atoms with Crippen LogP contribution in [-0.2, 0) is 11.2 Å². The summed E-state index contributed by atoms with van der Waals surface area (Å²) in [5, 5.41) is 5.57. The molecule has 7 nitrogen and oxygen atoms in total. The van der Waals surface area contributed by atoms with Crippen molar-refractivity contribution in [2.75, 3.05) is 35.9 Å². The fourth-order valence-electron chi connectivity index (χ4n) is 4.67. The Kier molecular flexibility index (Phi) is 6.18. The van der Waals surface area contributed by atoms with Gasteiger partial charge in [0.15, 0.2) is 0 Å². The van der Waals surface area contributed by atoms with Gasteiger partial charge in [-0.3, -0.25) is 9.99 Å². The lowest BCUT2D eigenvalue weighted by molar-refractivity contribution is 0.0601. The van der Waals surface area contributed by atoms with Crippen LogP contribution in [0.15, 0.2) is 73.2 Å². The molecule has 7 heteroatoms. The minimum absolute atomic E-state index is 0.121. The van der Waals surface area contributed by atoms with Crippen LogP contribution in [0.2, 0.25) is 0 Å². The predicted molar refractivity (Wildman–Crippen MR) is 135 cm³/mol. The highest BCUT2D eigenvalue weighted by molar-refractivity contribution is 5.95. The van der Waals surface area contributed by atoms with Gasteiger partial charge in [-0.05, 0) is 72.9 Å². The Bertz CT molecular complexity index is 1210. The third kappa shape index (κ3) is 4.34. The fourth-order valence-corrected chi connectivity index (χ4v) is 4.67. The number of esters is 1. The van der Waals surface area contributed by atoms with Crippen molar-refractivity contribution in [1.29, 1.82) is 0 Å². The molecule has 1 unspecified atom stereocenters. The van der Waals surface area contributed by atoms with Crippen molar-refractivity contribution in [2.45, 2.75) is 25.3 Å². The average molecular weight is 456 g/mol. The Morgan fingerprint density at radius 1 is 1.18 bits per heavy atom. The molecular weight excluding hydrogens is 426 g/mol. The second kappa shape index (κ2) is 9.57. The first-order chi connectivity index (χ1) is 16.6. The average Bonchev–Trinajstić information content (AvgIpc) is 3.43. The number of hydrogen-bond donors (Lipinski definition) is 2. The van der Waals surface area contributed by atoms with Crippen LogP contribution in [0.1, 0.15) is 40.4 Å². The monoisotopic (exact) mass is 455 g/mol. The molecular formula is C27H29N5O2. The number of carbonyl (C=O) groups is 1. The number of rotatable bonds is 6. The number of nitrogens with zero attached hydrogens (tertiary/aromatic N) is 3. The number of pyridine rings is 1. The van der Waals surface area contributed by atoms with Gasteiger partial charge in [-0.2, -0.15) is 0 Å². The molecule has 0 amide bonds. The number of fused-ring (bicyclic) bond motifs is 1. The minimum Gasteiger partial charge on any atom is -0.465 e. The summed E-state index contributed by atoms with van der Waals surface area (Å²) in [4.78, 5) is 18.6. The van der Waals surface area contributed by atoms with Crippen molar-refractivity contribution in [3.63, 3.8) is 0 Å². The predicted octanol–water partition coefficient (Wildman–Crippen LogP) is 4.96. The van der Waals surface area contributed by atoms with Crippen LogP contribution in [0.5, 0.6) is 0 Å². The van der Waals surface area contributed by atoms with E-state index in [9.17, 15) is 4.79 Å². The molecule has 1 aliphatic carbocycles. The zero-order valence-electron chi connectivity index (χ0n) is 19.5. The Labute approximate surface area is 200 Å². The number of anilines is 4. The van der Waals surface area contributed by atoms with E-state index in [2.05, 4.69) is 76.2 Å². The Balaban J connectivity index is 1.35. The van der Waals surface area contributed by atoms with Gasteiger partial charge in [-0.15, -0.1) is 0 Å². The first kappa shape index (κ1) is 22.0. The number of benzene rings is 2. The molecule has 2 N–H and O–H groups in total. The highest BCUT2D eigenvalue weighted by Crippen LogP contribution is 2.36. The van der Waals surface area contributed by atoms with E-state index in [1.54, 1.807) is 18.5 Å². The van der Waals surface area contributed by atoms with E-state index in [1.165, 1.54) is 18.2 Å². The van der Waals surface area contributed by atoms with Gasteiger partial charge in [-0.1, -0.05) is 12.1 Å². The lowest BCUT2D eigenvalue weighted by Crippen LogP contribution is -2.28. The summed E-state index contributed by atoms with van der Waals surface area (Å²) in [5.74, 6) is -0.361. The molecule has 5 rings (SSSR count). The SMILES string of the molecule is COC(=O)c1ccncc1NC1CCCc2cc(N(C)c3ccc(N4C=CCN4)cc3)ccc21. The van der Waals surface area contributed by atoms with Crippen LogP contribution in [-0.4, -0.2) is 31.7 Å². The van der Waals surface area contributed by atoms with E-state index in [4.69, 9.17) is 4.74 Å². The van der Waals surface area contributed by atoms with Gasteiger partial charge in [0, 0.05) is 37.4 Å². The van der Waals surface area contributed by atoms with Gasteiger partial charge < -0.3 is 15.0 Å². The van der Waals surface area contributed by atoms with Gasteiger partial charge in [-0.25, -0.2) is 10.2 Å². The lowest BCUT2D eigenvalue weighted by Gasteiger charge is -2.29. The quantitative estimate of drug-likeness (QED) is 0.509. The van der Waals surface area contributed by atoms with Gasteiger partial charge in [0.2, 0.25) is 0 Å². The largest absolute Gasteiger partial charge is 0.465 e. The molecule has 2 aliphatic rings. The van der Waals surface area contributed by atoms with Crippen molar-refractivity contribution in [3.8, 4) is 0 Å². The van der Waals surface area contributed by atoms with Gasteiger partial charge in [0.05, 0.1) is 36.3 Å². The summed E-state index contributed by atoms with van der Waals surface area (Å²) >= 11 is 0. The maximum Gasteiger partial charge on any atom is 0.340 e. The molecule has 0 fully saturated rings. The number of carbonyl (C=O) groups excluding carboxylic acids is 1. The number of methoxy groups -OCH3 is 1. The second-order valence-electron chi connectivity index (χ2n) is 8.58. The van der Waals surface area contributed by atoms with Gasteiger partial charge in [0.25, 0.3) is 0 Å². The first-order valence-electron chi connectivity index (χ1n) is 11.6. The highest BCUT2D eigenvalue weighted by Gasteiger charge is 2.23. The van der Waals surface area contributed by atoms with Gasteiger partial charge in [0.1, 0.15) is 0 Å². The minimum atomic E-state index is -0.361. The standard InChI is InChI=1S/C27H29N5O2/c1-31(20-7-9-21(10-8-20)32-16-4-14-29-32)22-11-12-23-19(17-22)5-3-6-25(23)30-26-18-28-15-13-24(26)27(33)34-2/h4,7-13,15-18,25,29-30H,3,5-6,14H2,1-2H3. The summed E-state index contributed by atoms with van der Waals surface area (Å²) in [6, 6.07) is 17.0. The molecule has 0 saturated heterocycles. The molecule has 2 heterocycles. The van der Waals surface area contributed by atoms with Crippen LogP contribution in [0.4, 0.5) is 22.7 Å². The Morgan fingerprint density at radius 2 is 2.00 bits per heavy atom. The zero-order chi connectivity index (χ0) is 23.5. The topological polar surface area (TPSA) is 69.7 Å². The molecule has 0 radical (unpaired) electrons. The second-order valence-corrected chi connectivity index (χ2v) is 8.58. The number of ether oxygens (including phenoxy) is 1. The third-order valence-corrected chi connectivity index (χ3v) is 6.53. The highest BCUT2D eigenvalue weighted by atomic mass is 16.5. The van der Waals surface area contributed by atoms with E-state index in [-0.39, 0.29) is 12.0 Å². The first-order valence-corrected chi connectivity index (χ1v) is 11.6. The van der Waals surface area contributed by atoms with Crippen molar-refractivity contribution < 1.29 is 9.53 Å². The van der Waals surface area contributed by atoms with Crippen LogP contribution < -0.4 is 20.7 Å². The molecule has 0 bridgehead atoms. The maximum absolute atomic E-state index is 12.2. The van der Waals surface area contributed by atoms with E-state index < -0.39 is 0 Å². The van der Waals surface area contributed by atoms with Crippen LogP contribution in [0.25, 0.3) is 0 Å². The normalized spacial score (nSPS) is 16.8. The summed E-state index contributed by atoms with van der Waals surface area (Å²) < 4.78 is 4.93. The summed E-state index contributed by atoms with van der Waals surface area (Å²) in [6.45, 7) is 0.859. The van der Waals surface area contributed by atoms with E-state index in [0.717, 1.165) is 42.9 Å². The van der Waals surface area contributed by atoms with Crippen LogP contribution in [0, 0.1) is 0 Å². The van der Waals surface area contributed by atoms with Crippen LogP contribution >= 0.6 is 0 Å². The van der Waals surface area contributed by atoms with E-state index in [0.29, 0.717) is 11.3 Å². The van der Waals surface area contributed by atoms with Gasteiger partial charge >= 0.3 is 5.97 Å².